The third-order valence-corrected chi connectivity index (χ3v) is 4.32. The topological polar surface area (TPSA) is 72.0 Å². The normalized spacial score (nSPS) is 18.0. The molecule has 1 aromatic carbocycles. The SMILES string of the molecule is CN1CCNCC1c1noc(-c2cnn(Cc3ccccc3)c2)n1.Cl. The van der Waals surface area contributed by atoms with Gasteiger partial charge in [-0.3, -0.25) is 9.58 Å². The van der Waals surface area contributed by atoms with Gasteiger partial charge in [-0.25, -0.2) is 0 Å². The number of aromatic nitrogens is 4. The van der Waals surface area contributed by atoms with Crippen LogP contribution in [0.25, 0.3) is 11.5 Å². The quantitative estimate of drug-likeness (QED) is 0.767. The Labute approximate surface area is 152 Å². The molecule has 1 aliphatic rings. The number of piperazine rings is 1. The number of halogens is 1. The zero-order valence-electron chi connectivity index (χ0n) is 14.0. The smallest absolute Gasteiger partial charge is 0.261 e. The van der Waals surface area contributed by atoms with Gasteiger partial charge in [-0.1, -0.05) is 35.5 Å². The van der Waals surface area contributed by atoms with Gasteiger partial charge in [-0.05, 0) is 12.6 Å². The maximum atomic E-state index is 5.45. The minimum atomic E-state index is 0. The number of nitrogens with zero attached hydrogens (tertiary/aromatic N) is 5. The molecule has 8 heteroatoms. The van der Waals surface area contributed by atoms with E-state index in [2.05, 4.69) is 44.6 Å². The molecule has 0 spiro atoms. The van der Waals surface area contributed by atoms with E-state index < -0.39 is 0 Å². The molecule has 7 nitrogen and oxygen atoms in total. The zero-order valence-corrected chi connectivity index (χ0v) is 14.8. The number of benzene rings is 1. The summed E-state index contributed by atoms with van der Waals surface area (Å²) in [5, 5.41) is 11.9. The van der Waals surface area contributed by atoms with Crippen LogP contribution < -0.4 is 5.32 Å². The highest BCUT2D eigenvalue weighted by atomic mass is 35.5. The van der Waals surface area contributed by atoms with Crippen LogP contribution in [0, 0.1) is 0 Å². The van der Waals surface area contributed by atoms with Crippen molar-refractivity contribution in [1.29, 1.82) is 0 Å². The molecule has 1 saturated heterocycles. The van der Waals surface area contributed by atoms with Gasteiger partial charge in [0.2, 0.25) is 0 Å². The second-order valence-corrected chi connectivity index (χ2v) is 6.07. The standard InChI is InChI=1S/C17H20N6O.ClH/c1-22-8-7-18-10-15(22)16-20-17(24-21-16)14-9-19-23(12-14)11-13-5-3-2-4-6-13;/h2-6,9,12,15,18H,7-8,10-11H2,1H3;1H. The molecule has 1 N–H and O–H groups in total. The third kappa shape index (κ3) is 3.89. The third-order valence-electron chi connectivity index (χ3n) is 4.32. The van der Waals surface area contributed by atoms with Gasteiger partial charge in [0.15, 0.2) is 5.82 Å². The van der Waals surface area contributed by atoms with Gasteiger partial charge >= 0.3 is 0 Å². The van der Waals surface area contributed by atoms with Crippen molar-refractivity contribution in [2.75, 3.05) is 26.7 Å². The highest BCUT2D eigenvalue weighted by Crippen LogP contribution is 2.22. The van der Waals surface area contributed by atoms with Crippen molar-refractivity contribution in [3.63, 3.8) is 0 Å². The summed E-state index contributed by atoms with van der Waals surface area (Å²) < 4.78 is 7.32. The molecular formula is C17H21ClN6O. The van der Waals surface area contributed by atoms with E-state index in [1.54, 1.807) is 6.20 Å². The second kappa shape index (κ2) is 7.77. The molecule has 0 saturated carbocycles. The summed E-state index contributed by atoms with van der Waals surface area (Å²) >= 11 is 0. The van der Waals surface area contributed by atoms with Crippen LogP contribution in [0.1, 0.15) is 17.4 Å². The molecule has 1 atom stereocenters. The number of rotatable bonds is 4. The van der Waals surface area contributed by atoms with Gasteiger partial charge in [-0.2, -0.15) is 10.1 Å². The molecule has 132 valence electrons. The van der Waals surface area contributed by atoms with Gasteiger partial charge < -0.3 is 9.84 Å². The van der Waals surface area contributed by atoms with Crippen LogP contribution in [0.2, 0.25) is 0 Å². The van der Waals surface area contributed by atoms with Crippen LogP contribution in [0.5, 0.6) is 0 Å². The maximum Gasteiger partial charge on any atom is 0.261 e. The van der Waals surface area contributed by atoms with Crippen molar-refractivity contribution < 1.29 is 4.52 Å². The second-order valence-electron chi connectivity index (χ2n) is 6.07. The van der Waals surface area contributed by atoms with Gasteiger partial charge in [0, 0.05) is 25.8 Å². The molecule has 0 amide bonds. The molecule has 1 fully saturated rings. The number of hydrogen-bond donors (Lipinski definition) is 1. The fourth-order valence-electron chi connectivity index (χ4n) is 2.91. The lowest BCUT2D eigenvalue weighted by atomic mass is 10.2. The molecule has 2 aromatic heterocycles. The predicted molar refractivity (Wildman–Crippen MR) is 96.6 cm³/mol. The molecule has 25 heavy (non-hydrogen) atoms. The van der Waals surface area contributed by atoms with E-state index in [9.17, 15) is 0 Å². The first-order valence-electron chi connectivity index (χ1n) is 8.11. The van der Waals surface area contributed by atoms with Crippen molar-refractivity contribution in [2.24, 2.45) is 0 Å². The lowest BCUT2D eigenvalue weighted by molar-refractivity contribution is 0.190. The Morgan fingerprint density at radius 3 is 2.92 bits per heavy atom. The van der Waals surface area contributed by atoms with Crippen LogP contribution >= 0.6 is 12.4 Å². The van der Waals surface area contributed by atoms with Gasteiger partial charge in [0.05, 0.1) is 24.3 Å². The van der Waals surface area contributed by atoms with Crippen molar-refractivity contribution >= 4 is 12.4 Å². The van der Waals surface area contributed by atoms with Crippen LogP contribution in [0.15, 0.2) is 47.2 Å². The van der Waals surface area contributed by atoms with Crippen molar-refractivity contribution in [3.8, 4) is 11.5 Å². The van der Waals surface area contributed by atoms with Crippen LogP contribution in [-0.2, 0) is 6.54 Å². The van der Waals surface area contributed by atoms with Crippen LogP contribution in [0.4, 0.5) is 0 Å². The van der Waals surface area contributed by atoms with E-state index in [4.69, 9.17) is 4.52 Å². The average molecular weight is 361 g/mol. The molecular weight excluding hydrogens is 340 g/mol. The Kier molecular flexibility index (Phi) is 5.47. The summed E-state index contributed by atoms with van der Waals surface area (Å²) in [5.41, 5.74) is 2.05. The molecule has 0 radical (unpaired) electrons. The first kappa shape index (κ1) is 17.6. The monoisotopic (exact) mass is 360 g/mol. The summed E-state index contributed by atoms with van der Waals surface area (Å²) in [6.07, 6.45) is 3.70. The largest absolute Gasteiger partial charge is 0.334 e. The highest BCUT2D eigenvalue weighted by Gasteiger charge is 2.25. The minimum Gasteiger partial charge on any atom is -0.334 e. The first-order valence-corrected chi connectivity index (χ1v) is 8.11. The van der Waals surface area contributed by atoms with E-state index in [0.717, 1.165) is 37.6 Å². The van der Waals surface area contributed by atoms with Crippen molar-refractivity contribution in [2.45, 2.75) is 12.6 Å². The Morgan fingerprint density at radius 1 is 1.28 bits per heavy atom. The first-order chi connectivity index (χ1) is 11.8. The molecule has 1 unspecified atom stereocenters. The summed E-state index contributed by atoms with van der Waals surface area (Å²) in [6, 6.07) is 10.4. The fourth-order valence-corrected chi connectivity index (χ4v) is 2.91. The van der Waals surface area contributed by atoms with Crippen LogP contribution in [-0.4, -0.2) is 51.5 Å². The molecule has 1 aliphatic heterocycles. The molecule has 3 heterocycles. The summed E-state index contributed by atoms with van der Waals surface area (Å²) in [4.78, 5) is 6.80. The van der Waals surface area contributed by atoms with E-state index in [0.29, 0.717) is 5.89 Å². The Hall–Kier alpha value is -2.22. The lowest BCUT2D eigenvalue weighted by Crippen LogP contribution is -2.44. The highest BCUT2D eigenvalue weighted by molar-refractivity contribution is 5.85. The lowest BCUT2D eigenvalue weighted by Gasteiger charge is -2.30. The summed E-state index contributed by atoms with van der Waals surface area (Å²) in [6.45, 7) is 3.52. The average Bonchev–Trinajstić information content (AvgIpc) is 3.25. The molecule has 3 aromatic rings. The number of nitrogens with one attached hydrogen (secondary N) is 1. The van der Waals surface area contributed by atoms with E-state index in [1.807, 2.05) is 29.1 Å². The number of hydrogen-bond acceptors (Lipinski definition) is 6. The van der Waals surface area contributed by atoms with E-state index in [-0.39, 0.29) is 18.4 Å². The van der Waals surface area contributed by atoms with E-state index in [1.165, 1.54) is 5.56 Å². The summed E-state index contributed by atoms with van der Waals surface area (Å²) in [7, 11) is 2.08. The fraction of sp³-hybridized carbons (Fsp3) is 0.353. The van der Waals surface area contributed by atoms with Gasteiger partial charge in [0.25, 0.3) is 5.89 Å². The molecule has 4 rings (SSSR count). The molecule has 0 bridgehead atoms. The maximum absolute atomic E-state index is 5.45. The Balaban J connectivity index is 0.00000182. The predicted octanol–water partition coefficient (Wildman–Crippen LogP) is 1.98. The van der Waals surface area contributed by atoms with Gasteiger partial charge in [-0.15, -0.1) is 12.4 Å². The number of likely N-dealkylation sites (N-methyl/N-ethyl adjacent to an activating group) is 1. The summed E-state index contributed by atoms with van der Waals surface area (Å²) in [5.74, 6) is 1.23. The Bertz CT molecular complexity index is 802. The van der Waals surface area contributed by atoms with Crippen molar-refractivity contribution in [1.82, 2.24) is 30.1 Å². The van der Waals surface area contributed by atoms with Crippen molar-refractivity contribution in [3.05, 3.63) is 54.1 Å². The van der Waals surface area contributed by atoms with Gasteiger partial charge in [0.1, 0.15) is 0 Å². The van der Waals surface area contributed by atoms with E-state index >= 15 is 0 Å². The minimum absolute atomic E-state index is 0. The van der Waals surface area contributed by atoms with Crippen LogP contribution in [0.3, 0.4) is 0 Å². The molecule has 0 aliphatic carbocycles. The zero-order chi connectivity index (χ0) is 16.4. The Morgan fingerprint density at radius 2 is 2.12 bits per heavy atom.